The fraction of sp³-hybridized carbons (Fsp3) is 0.640. The van der Waals surface area contributed by atoms with Crippen molar-refractivity contribution in [3.63, 3.8) is 0 Å². The summed E-state index contributed by atoms with van der Waals surface area (Å²) in [6, 6.07) is 5.67. The number of rotatable bonds is 6. The van der Waals surface area contributed by atoms with Crippen LogP contribution in [0, 0.1) is 5.92 Å². The van der Waals surface area contributed by atoms with Gasteiger partial charge in [-0.2, -0.15) is 0 Å². The van der Waals surface area contributed by atoms with Gasteiger partial charge in [-0.25, -0.2) is 8.78 Å². The van der Waals surface area contributed by atoms with Gasteiger partial charge in [0, 0.05) is 56.2 Å². The summed E-state index contributed by atoms with van der Waals surface area (Å²) in [6.45, 7) is 0.981. The Balaban J connectivity index is 1.26. The van der Waals surface area contributed by atoms with Crippen molar-refractivity contribution in [2.24, 2.45) is 5.92 Å². The van der Waals surface area contributed by atoms with Gasteiger partial charge in [0.25, 0.3) is 5.91 Å². The van der Waals surface area contributed by atoms with Crippen molar-refractivity contribution >= 4 is 23.4 Å². The molecule has 2 aliphatic carbocycles. The third kappa shape index (κ3) is 4.42. The van der Waals surface area contributed by atoms with Gasteiger partial charge in [0.1, 0.15) is 6.04 Å². The monoisotopic (exact) mass is 474 g/mol. The number of hydrogen-bond donors (Lipinski definition) is 2. The quantitative estimate of drug-likeness (QED) is 0.620. The summed E-state index contributed by atoms with van der Waals surface area (Å²) in [5.74, 6) is -3.31. The van der Waals surface area contributed by atoms with E-state index in [2.05, 4.69) is 22.6 Å². The van der Waals surface area contributed by atoms with E-state index in [0.29, 0.717) is 25.1 Å². The van der Waals surface area contributed by atoms with Crippen LogP contribution < -0.4 is 15.5 Å². The number of hydrogen-bond acceptors (Lipinski definition) is 5. The standard InChI is InChI=1S/C25H32F2N4O3/c1-30(20-5-3-2-4-19(20)28-13-15-11-25(26,27)12-15)17-6-7-18-16(10-17)14-31(24(18)34)21-8-9-22(32)29-23(21)33/h6-7,10,15,19-21,28H,2-5,8-9,11-14H2,1H3,(H,29,32,33)/t19-,20-,21?/m1/s1. The number of likely N-dealkylation sites (N-methyl/N-ethyl adjacent to an activating group) is 1. The molecule has 0 spiro atoms. The van der Waals surface area contributed by atoms with E-state index in [-0.39, 0.29) is 49.1 Å². The molecule has 4 aliphatic rings. The van der Waals surface area contributed by atoms with Gasteiger partial charge in [0.05, 0.1) is 0 Å². The van der Waals surface area contributed by atoms with Gasteiger partial charge in [-0.15, -0.1) is 0 Å². The lowest BCUT2D eigenvalue weighted by Crippen LogP contribution is -2.53. The molecular formula is C25H32F2N4O3. The molecule has 34 heavy (non-hydrogen) atoms. The van der Waals surface area contributed by atoms with Crippen molar-refractivity contribution in [1.82, 2.24) is 15.5 Å². The van der Waals surface area contributed by atoms with E-state index in [0.717, 1.165) is 36.9 Å². The molecular weight excluding hydrogens is 442 g/mol. The zero-order chi connectivity index (χ0) is 24.0. The highest BCUT2D eigenvalue weighted by Crippen LogP contribution is 2.42. The highest BCUT2D eigenvalue weighted by atomic mass is 19.3. The Labute approximate surface area is 198 Å². The number of nitrogens with one attached hydrogen (secondary N) is 2. The second kappa shape index (κ2) is 8.91. The second-order valence-electron chi connectivity index (χ2n) is 10.3. The van der Waals surface area contributed by atoms with Crippen LogP contribution in [-0.4, -0.2) is 60.3 Å². The predicted molar refractivity (Wildman–Crippen MR) is 123 cm³/mol. The Morgan fingerprint density at radius 1 is 1.15 bits per heavy atom. The molecule has 3 fully saturated rings. The number of nitrogens with zero attached hydrogens (tertiary/aromatic N) is 2. The molecule has 1 unspecified atom stereocenters. The van der Waals surface area contributed by atoms with Gasteiger partial charge in [-0.1, -0.05) is 12.8 Å². The first-order valence-corrected chi connectivity index (χ1v) is 12.3. The number of alkyl halides is 2. The van der Waals surface area contributed by atoms with Gasteiger partial charge in [-0.05, 0) is 55.5 Å². The maximum atomic E-state index is 13.2. The number of amides is 3. The number of anilines is 1. The first-order chi connectivity index (χ1) is 16.2. The van der Waals surface area contributed by atoms with E-state index in [9.17, 15) is 23.2 Å². The summed E-state index contributed by atoms with van der Waals surface area (Å²) in [7, 11) is 2.05. The summed E-state index contributed by atoms with van der Waals surface area (Å²) in [5.41, 5.74) is 2.49. The first-order valence-electron chi connectivity index (χ1n) is 12.3. The van der Waals surface area contributed by atoms with Crippen LogP contribution in [-0.2, 0) is 16.1 Å². The van der Waals surface area contributed by atoms with Crippen molar-refractivity contribution in [1.29, 1.82) is 0 Å². The van der Waals surface area contributed by atoms with Crippen LogP contribution in [0.2, 0.25) is 0 Å². The summed E-state index contributed by atoms with van der Waals surface area (Å²) in [5, 5.41) is 5.91. The highest BCUT2D eigenvalue weighted by Gasteiger charge is 2.45. The molecule has 1 aromatic rings. The molecule has 1 aromatic carbocycles. The first kappa shape index (κ1) is 23.2. The van der Waals surface area contributed by atoms with E-state index >= 15 is 0 Å². The Hall–Kier alpha value is -2.55. The minimum Gasteiger partial charge on any atom is -0.370 e. The van der Waals surface area contributed by atoms with Crippen LogP contribution >= 0.6 is 0 Å². The zero-order valence-corrected chi connectivity index (χ0v) is 19.5. The van der Waals surface area contributed by atoms with Crippen molar-refractivity contribution in [3.8, 4) is 0 Å². The molecule has 3 amide bonds. The maximum Gasteiger partial charge on any atom is 0.255 e. The van der Waals surface area contributed by atoms with E-state index in [1.807, 2.05) is 18.2 Å². The molecule has 3 atom stereocenters. The van der Waals surface area contributed by atoms with Crippen LogP contribution in [0.25, 0.3) is 0 Å². The molecule has 2 heterocycles. The van der Waals surface area contributed by atoms with Crippen molar-refractivity contribution < 1.29 is 23.2 Å². The molecule has 7 nitrogen and oxygen atoms in total. The fourth-order valence-corrected chi connectivity index (χ4v) is 6.03. The van der Waals surface area contributed by atoms with Crippen LogP contribution in [0.3, 0.4) is 0 Å². The lowest BCUT2D eigenvalue weighted by Gasteiger charge is -2.42. The molecule has 184 valence electrons. The third-order valence-electron chi connectivity index (χ3n) is 7.98. The molecule has 2 aliphatic heterocycles. The Kier molecular flexibility index (Phi) is 6.08. The van der Waals surface area contributed by atoms with Gasteiger partial charge in [0.2, 0.25) is 17.7 Å². The van der Waals surface area contributed by atoms with Crippen molar-refractivity contribution in [2.45, 2.75) is 82.0 Å². The van der Waals surface area contributed by atoms with Crippen LogP contribution in [0.4, 0.5) is 14.5 Å². The number of imide groups is 1. The van der Waals surface area contributed by atoms with E-state index in [1.54, 1.807) is 4.90 Å². The minimum atomic E-state index is -2.49. The molecule has 1 saturated heterocycles. The number of benzene rings is 1. The van der Waals surface area contributed by atoms with Crippen molar-refractivity contribution in [3.05, 3.63) is 29.3 Å². The van der Waals surface area contributed by atoms with Gasteiger partial charge in [-0.3, -0.25) is 19.7 Å². The van der Waals surface area contributed by atoms with E-state index in [4.69, 9.17) is 0 Å². The zero-order valence-electron chi connectivity index (χ0n) is 19.5. The van der Waals surface area contributed by atoms with Crippen LogP contribution in [0.1, 0.15) is 67.3 Å². The normalized spacial score (nSPS) is 29.0. The van der Waals surface area contributed by atoms with Crippen molar-refractivity contribution in [2.75, 3.05) is 18.5 Å². The van der Waals surface area contributed by atoms with Gasteiger partial charge in [0.15, 0.2) is 0 Å². The third-order valence-corrected chi connectivity index (χ3v) is 7.98. The minimum absolute atomic E-state index is 0.0181. The summed E-state index contributed by atoms with van der Waals surface area (Å²) >= 11 is 0. The Bertz CT molecular complexity index is 992. The van der Waals surface area contributed by atoms with Crippen LogP contribution in [0.5, 0.6) is 0 Å². The van der Waals surface area contributed by atoms with Gasteiger partial charge >= 0.3 is 0 Å². The fourth-order valence-electron chi connectivity index (χ4n) is 6.03. The lowest BCUT2D eigenvalue weighted by molar-refractivity contribution is -0.136. The Morgan fingerprint density at radius 3 is 2.65 bits per heavy atom. The molecule has 0 radical (unpaired) electrons. The average Bonchev–Trinajstić information content (AvgIpc) is 3.11. The molecule has 9 heteroatoms. The summed E-state index contributed by atoms with van der Waals surface area (Å²) in [6.07, 6.45) is 4.84. The Morgan fingerprint density at radius 2 is 1.91 bits per heavy atom. The summed E-state index contributed by atoms with van der Waals surface area (Å²) in [4.78, 5) is 40.6. The largest absolute Gasteiger partial charge is 0.370 e. The average molecular weight is 475 g/mol. The summed E-state index contributed by atoms with van der Waals surface area (Å²) < 4.78 is 26.4. The highest BCUT2D eigenvalue weighted by molar-refractivity contribution is 6.05. The number of carbonyl (C=O) groups is 3. The number of piperidine rings is 1. The van der Waals surface area contributed by atoms with Crippen LogP contribution in [0.15, 0.2) is 18.2 Å². The second-order valence-corrected chi connectivity index (χ2v) is 10.3. The number of halogens is 2. The number of fused-ring (bicyclic) bond motifs is 1. The van der Waals surface area contributed by atoms with E-state index < -0.39 is 17.9 Å². The molecule has 2 N–H and O–H groups in total. The van der Waals surface area contributed by atoms with Gasteiger partial charge < -0.3 is 15.1 Å². The smallest absolute Gasteiger partial charge is 0.255 e. The molecule has 2 saturated carbocycles. The molecule has 5 rings (SSSR count). The maximum absolute atomic E-state index is 13.2. The topological polar surface area (TPSA) is 81.8 Å². The SMILES string of the molecule is CN(c1ccc2c(c1)CN(C1CCC(=O)NC1=O)C2=O)[C@@H]1CCCC[C@H]1NCC1CC(F)(F)C1. The number of carbonyl (C=O) groups excluding carboxylic acids is 3. The lowest BCUT2D eigenvalue weighted by atomic mass is 9.80. The van der Waals surface area contributed by atoms with E-state index in [1.165, 1.54) is 0 Å². The predicted octanol–water partition coefficient (Wildman–Crippen LogP) is 2.83. The molecule has 0 aromatic heterocycles. The molecule has 0 bridgehead atoms.